The Labute approximate surface area is 167 Å². The fourth-order valence-corrected chi connectivity index (χ4v) is 5.57. The molecule has 0 spiro atoms. The zero-order chi connectivity index (χ0) is 20.4. The highest BCUT2D eigenvalue weighted by atomic mass is 32.2. The molecular formula is C22H27NO4S. The summed E-state index contributed by atoms with van der Waals surface area (Å²) in [5.41, 5.74) is 1.81. The van der Waals surface area contributed by atoms with Gasteiger partial charge in [-0.1, -0.05) is 60.2 Å². The van der Waals surface area contributed by atoms with E-state index in [1.54, 1.807) is 13.8 Å². The summed E-state index contributed by atoms with van der Waals surface area (Å²) in [5.74, 6) is 0.141. The molecule has 2 atom stereocenters. The summed E-state index contributed by atoms with van der Waals surface area (Å²) in [6.07, 6.45) is 0.835. The third kappa shape index (κ3) is 4.45. The zero-order valence-electron chi connectivity index (χ0n) is 16.5. The van der Waals surface area contributed by atoms with Gasteiger partial charge in [-0.2, -0.15) is 0 Å². The molecule has 6 heteroatoms. The maximum atomic E-state index is 13.1. The molecule has 0 aliphatic carbocycles. The van der Waals surface area contributed by atoms with Crippen molar-refractivity contribution in [3.8, 4) is 0 Å². The van der Waals surface area contributed by atoms with Crippen molar-refractivity contribution in [3.63, 3.8) is 0 Å². The molecule has 1 unspecified atom stereocenters. The molecule has 150 valence electrons. The monoisotopic (exact) mass is 401 g/mol. The summed E-state index contributed by atoms with van der Waals surface area (Å²) in [4.78, 5) is 0. The van der Waals surface area contributed by atoms with Gasteiger partial charge in [-0.3, -0.25) is 0 Å². The molecule has 0 bridgehead atoms. The molecule has 0 amide bonds. The van der Waals surface area contributed by atoms with Gasteiger partial charge in [0.1, 0.15) is 10.9 Å². The maximum absolute atomic E-state index is 13.1. The summed E-state index contributed by atoms with van der Waals surface area (Å²) in [5, 5.41) is 8.58. The lowest BCUT2D eigenvalue weighted by Gasteiger charge is -2.38. The van der Waals surface area contributed by atoms with E-state index in [0.29, 0.717) is 18.4 Å². The normalized spacial score (nSPS) is 21.4. The summed E-state index contributed by atoms with van der Waals surface area (Å²) in [6, 6.07) is 17.2. The predicted molar refractivity (Wildman–Crippen MR) is 111 cm³/mol. The minimum absolute atomic E-state index is 0.00890. The molecule has 0 aromatic heterocycles. The average Bonchev–Trinajstić information content (AvgIpc) is 2.62. The second kappa shape index (κ2) is 8.05. The number of aliphatic hydroxyl groups is 1. The number of aryl methyl sites for hydroxylation is 1. The number of aliphatic hydroxyl groups excluding tert-OH is 1. The van der Waals surface area contributed by atoms with Crippen molar-refractivity contribution in [2.45, 2.75) is 50.4 Å². The zero-order valence-corrected chi connectivity index (χ0v) is 17.3. The Morgan fingerprint density at radius 3 is 2.32 bits per heavy atom. The van der Waals surface area contributed by atoms with E-state index in [0.717, 1.165) is 11.1 Å². The van der Waals surface area contributed by atoms with Crippen LogP contribution >= 0.6 is 0 Å². The van der Waals surface area contributed by atoms with Crippen molar-refractivity contribution in [1.29, 1.82) is 0 Å². The van der Waals surface area contributed by atoms with E-state index in [1.807, 2.05) is 61.5 Å². The lowest BCUT2D eigenvalue weighted by atomic mass is 9.92. The van der Waals surface area contributed by atoms with Crippen LogP contribution in [0.2, 0.25) is 0 Å². The number of hydrogen-bond acceptors (Lipinski definition) is 4. The quantitative estimate of drug-likeness (QED) is 0.790. The van der Waals surface area contributed by atoms with Crippen LogP contribution in [0.15, 0.2) is 59.0 Å². The van der Waals surface area contributed by atoms with Crippen LogP contribution in [0.5, 0.6) is 0 Å². The highest BCUT2D eigenvalue weighted by molar-refractivity contribution is 7.90. The summed E-state index contributed by atoms with van der Waals surface area (Å²) < 4.78 is 36.2. The minimum Gasteiger partial charge on any atom is -0.472 e. The molecular weight excluding hydrogens is 374 g/mol. The Bertz CT molecular complexity index is 934. The van der Waals surface area contributed by atoms with Crippen molar-refractivity contribution < 1.29 is 18.3 Å². The molecule has 1 heterocycles. The van der Waals surface area contributed by atoms with Crippen LogP contribution in [0, 0.1) is 6.92 Å². The minimum atomic E-state index is -3.79. The van der Waals surface area contributed by atoms with Gasteiger partial charge in [-0.25, -0.2) is 8.42 Å². The molecule has 1 aliphatic heterocycles. The molecule has 1 N–H and O–H groups in total. The van der Waals surface area contributed by atoms with Gasteiger partial charge < -0.3 is 9.84 Å². The lowest BCUT2D eigenvalue weighted by Crippen LogP contribution is -2.43. The third-order valence-corrected chi connectivity index (χ3v) is 6.98. The van der Waals surface area contributed by atoms with E-state index >= 15 is 0 Å². The molecule has 5 nitrogen and oxygen atoms in total. The van der Waals surface area contributed by atoms with Gasteiger partial charge >= 0.3 is 0 Å². The first-order valence-electron chi connectivity index (χ1n) is 9.47. The summed E-state index contributed by atoms with van der Waals surface area (Å²) >= 11 is 0. The standard InChI is InChI=1S/C22H27NO4S/c1-16-9-11-18(12-10-16)21-22(2,3)27-20(23-28(21,25)26)15-19(13-14-24)17-7-5-4-6-8-17/h4-12,19,21,24H,13-15H2,1-3H3/t19-,21?/m1/s1. The van der Waals surface area contributed by atoms with Gasteiger partial charge in [0.25, 0.3) is 10.0 Å². The Hall–Kier alpha value is -2.18. The predicted octanol–water partition coefficient (Wildman–Crippen LogP) is 4.13. The molecule has 0 saturated heterocycles. The molecule has 28 heavy (non-hydrogen) atoms. The second-order valence-electron chi connectivity index (χ2n) is 7.82. The topological polar surface area (TPSA) is 76.0 Å². The Kier molecular flexibility index (Phi) is 5.91. The SMILES string of the molecule is Cc1ccc(C2C(C)(C)OC(C[C@@H](CCO)c3ccccc3)=NS2(=O)=O)cc1. The lowest BCUT2D eigenvalue weighted by molar-refractivity contribution is 0.0798. The molecule has 0 radical (unpaired) electrons. The summed E-state index contributed by atoms with van der Waals surface area (Å²) in [6.45, 7) is 5.54. The van der Waals surface area contributed by atoms with Gasteiger partial charge in [0, 0.05) is 13.0 Å². The van der Waals surface area contributed by atoms with Gasteiger partial charge in [-0.05, 0) is 44.2 Å². The van der Waals surface area contributed by atoms with Crippen LogP contribution in [0.25, 0.3) is 0 Å². The largest absolute Gasteiger partial charge is 0.472 e. The van der Waals surface area contributed by atoms with Crippen LogP contribution < -0.4 is 0 Å². The fourth-order valence-electron chi connectivity index (χ4n) is 3.80. The Morgan fingerprint density at radius 2 is 1.75 bits per heavy atom. The number of hydrogen-bond donors (Lipinski definition) is 1. The summed E-state index contributed by atoms with van der Waals surface area (Å²) in [7, 11) is -3.79. The first kappa shape index (κ1) is 20.6. The molecule has 1 aliphatic rings. The number of sulfonamides is 1. The number of ether oxygens (including phenoxy) is 1. The van der Waals surface area contributed by atoms with Crippen molar-refractivity contribution >= 4 is 15.9 Å². The first-order chi connectivity index (χ1) is 13.2. The van der Waals surface area contributed by atoms with Gasteiger partial charge in [-0.15, -0.1) is 4.40 Å². The fraction of sp³-hybridized carbons (Fsp3) is 0.409. The van der Waals surface area contributed by atoms with Crippen LogP contribution in [0.4, 0.5) is 0 Å². The van der Waals surface area contributed by atoms with Crippen molar-refractivity contribution in [2.24, 2.45) is 4.40 Å². The smallest absolute Gasteiger partial charge is 0.267 e. The maximum Gasteiger partial charge on any atom is 0.267 e. The Balaban J connectivity index is 1.93. The van der Waals surface area contributed by atoms with Crippen molar-refractivity contribution in [1.82, 2.24) is 0 Å². The molecule has 2 aromatic rings. The van der Waals surface area contributed by atoms with Crippen LogP contribution in [0.3, 0.4) is 0 Å². The van der Waals surface area contributed by atoms with Crippen LogP contribution in [0.1, 0.15) is 54.5 Å². The highest BCUT2D eigenvalue weighted by Crippen LogP contribution is 2.41. The molecule has 3 rings (SSSR count). The van der Waals surface area contributed by atoms with Gasteiger partial charge in [0.2, 0.25) is 5.90 Å². The number of rotatable bonds is 6. The van der Waals surface area contributed by atoms with E-state index in [-0.39, 0.29) is 18.4 Å². The van der Waals surface area contributed by atoms with Crippen LogP contribution in [-0.4, -0.2) is 31.6 Å². The highest BCUT2D eigenvalue weighted by Gasteiger charge is 2.47. The van der Waals surface area contributed by atoms with Crippen molar-refractivity contribution in [2.75, 3.05) is 6.61 Å². The van der Waals surface area contributed by atoms with E-state index in [2.05, 4.69) is 4.40 Å². The molecule has 0 saturated carbocycles. The second-order valence-corrected chi connectivity index (χ2v) is 9.50. The third-order valence-electron chi connectivity index (χ3n) is 5.09. The number of benzene rings is 2. The Morgan fingerprint density at radius 1 is 1.11 bits per heavy atom. The van der Waals surface area contributed by atoms with E-state index in [1.165, 1.54) is 0 Å². The van der Waals surface area contributed by atoms with E-state index < -0.39 is 20.9 Å². The van der Waals surface area contributed by atoms with Crippen molar-refractivity contribution in [3.05, 3.63) is 71.3 Å². The first-order valence-corrected chi connectivity index (χ1v) is 11.0. The van der Waals surface area contributed by atoms with E-state index in [9.17, 15) is 13.5 Å². The van der Waals surface area contributed by atoms with Gasteiger partial charge in [0.15, 0.2) is 0 Å². The van der Waals surface area contributed by atoms with E-state index in [4.69, 9.17) is 4.74 Å². The van der Waals surface area contributed by atoms with Crippen LogP contribution in [-0.2, 0) is 14.8 Å². The number of nitrogens with zero attached hydrogens (tertiary/aromatic N) is 1. The average molecular weight is 402 g/mol. The molecule has 2 aromatic carbocycles. The van der Waals surface area contributed by atoms with Gasteiger partial charge in [0.05, 0.1) is 0 Å². The molecule has 0 fully saturated rings.